The first kappa shape index (κ1) is 14.5. The van der Waals surface area contributed by atoms with Crippen LogP contribution >= 0.6 is 23.2 Å². The van der Waals surface area contributed by atoms with E-state index in [2.05, 4.69) is 27.5 Å². The van der Waals surface area contributed by atoms with Crippen molar-refractivity contribution in [2.45, 2.75) is 38.1 Å². The van der Waals surface area contributed by atoms with E-state index in [0.29, 0.717) is 5.82 Å². The van der Waals surface area contributed by atoms with E-state index in [1.165, 1.54) is 6.07 Å². The third-order valence-electron chi connectivity index (χ3n) is 3.26. The Morgan fingerprint density at radius 1 is 1.53 bits per heavy atom. The van der Waals surface area contributed by atoms with Crippen molar-refractivity contribution in [2.24, 2.45) is 0 Å². The van der Waals surface area contributed by atoms with Crippen LogP contribution < -0.4 is 10.6 Å². The largest absolute Gasteiger partial charge is 0.309 e. The number of carbonyl (C=O) groups is 1. The average Bonchev–Trinajstić information content (AvgIpc) is 2.78. The maximum atomic E-state index is 12.4. The van der Waals surface area contributed by atoms with Crippen LogP contribution in [0, 0.1) is 0 Å². The lowest BCUT2D eigenvalue weighted by atomic mass is 9.91. The Hall–Kier alpha value is -0.910. The second kappa shape index (κ2) is 6.03. The molecule has 2 rings (SSSR count). The van der Waals surface area contributed by atoms with E-state index in [-0.39, 0.29) is 16.3 Å². The van der Waals surface area contributed by atoms with Crippen LogP contribution in [0.1, 0.15) is 32.6 Å². The lowest BCUT2D eigenvalue weighted by Crippen LogP contribution is -2.50. The van der Waals surface area contributed by atoms with E-state index in [1.807, 2.05) is 0 Å². The molecule has 0 aromatic carbocycles. The van der Waals surface area contributed by atoms with Crippen molar-refractivity contribution >= 4 is 34.9 Å². The monoisotopic (exact) mass is 302 g/mol. The quantitative estimate of drug-likeness (QED) is 0.663. The van der Waals surface area contributed by atoms with Gasteiger partial charge in [-0.1, -0.05) is 24.9 Å². The van der Waals surface area contributed by atoms with Crippen molar-refractivity contribution in [3.63, 3.8) is 0 Å². The maximum Gasteiger partial charge on any atom is 0.245 e. The zero-order valence-electron chi connectivity index (χ0n) is 10.7. The van der Waals surface area contributed by atoms with Gasteiger partial charge in [0, 0.05) is 6.07 Å². The molecule has 5 nitrogen and oxygen atoms in total. The zero-order chi connectivity index (χ0) is 13.9. The second-order valence-electron chi connectivity index (χ2n) is 4.66. The first-order valence-electron chi connectivity index (χ1n) is 6.32. The van der Waals surface area contributed by atoms with Crippen LogP contribution in [-0.4, -0.2) is 28.0 Å². The molecule has 0 bridgehead atoms. The molecule has 1 atom stereocenters. The van der Waals surface area contributed by atoms with E-state index in [4.69, 9.17) is 23.2 Å². The molecule has 2 heterocycles. The molecule has 1 fully saturated rings. The SMILES string of the molecule is CCCC1(C(=O)Nc2cc(Cl)nc(Cl)n2)CCCN1. The van der Waals surface area contributed by atoms with Crippen LogP contribution in [0.25, 0.3) is 0 Å². The minimum atomic E-state index is -0.501. The molecule has 19 heavy (non-hydrogen) atoms. The fourth-order valence-corrected chi connectivity index (χ4v) is 2.85. The van der Waals surface area contributed by atoms with Gasteiger partial charge in [0.05, 0.1) is 5.54 Å². The molecule has 1 saturated heterocycles. The second-order valence-corrected chi connectivity index (χ2v) is 5.39. The normalized spacial score (nSPS) is 22.5. The summed E-state index contributed by atoms with van der Waals surface area (Å²) in [5.41, 5.74) is -0.501. The van der Waals surface area contributed by atoms with Crippen LogP contribution in [0.15, 0.2) is 6.07 Å². The molecule has 1 unspecified atom stereocenters. The van der Waals surface area contributed by atoms with Gasteiger partial charge in [0.25, 0.3) is 0 Å². The van der Waals surface area contributed by atoms with Crippen molar-refractivity contribution in [1.29, 1.82) is 0 Å². The highest BCUT2D eigenvalue weighted by molar-refractivity contribution is 6.32. The van der Waals surface area contributed by atoms with Crippen LogP contribution in [0.4, 0.5) is 5.82 Å². The summed E-state index contributed by atoms with van der Waals surface area (Å²) >= 11 is 11.5. The maximum absolute atomic E-state index is 12.4. The third kappa shape index (κ3) is 3.35. The first-order chi connectivity index (χ1) is 9.05. The number of hydrogen-bond donors (Lipinski definition) is 2. The number of halogens is 2. The molecule has 0 saturated carbocycles. The van der Waals surface area contributed by atoms with Crippen LogP contribution in [0.5, 0.6) is 0 Å². The topological polar surface area (TPSA) is 66.9 Å². The van der Waals surface area contributed by atoms with Gasteiger partial charge in [-0.2, -0.15) is 0 Å². The van der Waals surface area contributed by atoms with Gasteiger partial charge in [-0.05, 0) is 37.4 Å². The molecule has 1 aliphatic rings. The summed E-state index contributed by atoms with van der Waals surface area (Å²) < 4.78 is 0. The predicted molar refractivity (Wildman–Crippen MR) is 75.6 cm³/mol. The molecule has 1 aromatic heterocycles. The molecule has 0 aliphatic carbocycles. The lowest BCUT2D eigenvalue weighted by Gasteiger charge is -2.27. The molecule has 2 N–H and O–H groups in total. The smallest absolute Gasteiger partial charge is 0.245 e. The number of aromatic nitrogens is 2. The Labute approximate surface area is 122 Å². The van der Waals surface area contributed by atoms with Crippen molar-refractivity contribution in [2.75, 3.05) is 11.9 Å². The van der Waals surface area contributed by atoms with Crippen LogP contribution in [0.3, 0.4) is 0 Å². The van der Waals surface area contributed by atoms with Gasteiger partial charge in [0.1, 0.15) is 11.0 Å². The first-order valence-corrected chi connectivity index (χ1v) is 7.08. The van der Waals surface area contributed by atoms with Crippen molar-refractivity contribution in [3.8, 4) is 0 Å². The molecule has 1 aromatic rings. The minimum Gasteiger partial charge on any atom is -0.309 e. The number of amides is 1. The van der Waals surface area contributed by atoms with Crippen molar-refractivity contribution in [1.82, 2.24) is 15.3 Å². The molecular weight excluding hydrogens is 287 g/mol. The van der Waals surface area contributed by atoms with Gasteiger partial charge in [0.15, 0.2) is 0 Å². The van der Waals surface area contributed by atoms with Crippen LogP contribution in [-0.2, 0) is 4.79 Å². The Morgan fingerprint density at radius 3 is 2.89 bits per heavy atom. The standard InChI is InChI=1S/C12H16Cl2N4O/c1-2-4-12(5-3-6-15-12)10(19)17-9-7-8(13)16-11(14)18-9/h7,15H,2-6H2,1H3,(H,16,17,18,19). The summed E-state index contributed by atoms with van der Waals surface area (Å²) in [4.78, 5) is 20.1. The molecule has 7 heteroatoms. The Kier molecular flexibility index (Phi) is 4.60. The molecule has 104 valence electrons. The highest BCUT2D eigenvalue weighted by Crippen LogP contribution is 2.26. The molecule has 0 radical (unpaired) electrons. The van der Waals surface area contributed by atoms with Gasteiger partial charge < -0.3 is 10.6 Å². The number of nitrogens with one attached hydrogen (secondary N) is 2. The van der Waals surface area contributed by atoms with Crippen molar-refractivity contribution < 1.29 is 4.79 Å². The fourth-order valence-electron chi connectivity index (χ4n) is 2.44. The predicted octanol–water partition coefficient (Wildman–Crippen LogP) is 2.64. The van der Waals surface area contributed by atoms with E-state index in [0.717, 1.165) is 32.2 Å². The number of rotatable bonds is 4. The Balaban J connectivity index is 2.14. The Morgan fingerprint density at radius 2 is 2.32 bits per heavy atom. The zero-order valence-corrected chi connectivity index (χ0v) is 12.2. The number of hydrogen-bond acceptors (Lipinski definition) is 4. The third-order valence-corrected chi connectivity index (χ3v) is 3.63. The van der Waals surface area contributed by atoms with Gasteiger partial charge in [-0.3, -0.25) is 4.79 Å². The summed E-state index contributed by atoms with van der Waals surface area (Å²) in [6.07, 6.45) is 3.56. The molecule has 1 amide bonds. The summed E-state index contributed by atoms with van der Waals surface area (Å²) in [7, 11) is 0. The van der Waals surface area contributed by atoms with Gasteiger partial charge in [-0.25, -0.2) is 9.97 Å². The van der Waals surface area contributed by atoms with Gasteiger partial charge in [-0.15, -0.1) is 0 Å². The molecule has 1 aliphatic heterocycles. The summed E-state index contributed by atoms with van der Waals surface area (Å²) in [6, 6.07) is 1.49. The Bertz CT molecular complexity index is 455. The molecular formula is C12H16Cl2N4O. The van der Waals surface area contributed by atoms with Crippen molar-refractivity contribution in [3.05, 3.63) is 16.5 Å². The highest BCUT2D eigenvalue weighted by atomic mass is 35.5. The van der Waals surface area contributed by atoms with E-state index < -0.39 is 5.54 Å². The summed E-state index contributed by atoms with van der Waals surface area (Å²) in [5, 5.41) is 6.30. The minimum absolute atomic E-state index is 0.0201. The summed E-state index contributed by atoms with van der Waals surface area (Å²) in [6.45, 7) is 2.92. The van der Waals surface area contributed by atoms with Gasteiger partial charge in [0.2, 0.25) is 11.2 Å². The van der Waals surface area contributed by atoms with E-state index in [9.17, 15) is 4.79 Å². The van der Waals surface area contributed by atoms with Crippen LogP contribution in [0.2, 0.25) is 10.4 Å². The fraction of sp³-hybridized carbons (Fsp3) is 0.583. The average molecular weight is 303 g/mol. The van der Waals surface area contributed by atoms with Gasteiger partial charge >= 0.3 is 0 Å². The lowest BCUT2D eigenvalue weighted by molar-refractivity contribution is -0.122. The number of carbonyl (C=O) groups excluding carboxylic acids is 1. The van der Waals surface area contributed by atoms with E-state index >= 15 is 0 Å². The molecule has 0 spiro atoms. The summed E-state index contributed by atoms with van der Waals surface area (Å²) in [5.74, 6) is 0.247. The highest BCUT2D eigenvalue weighted by Gasteiger charge is 2.40. The number of anilines is 1. The van der Waals surface area contributed by atoms with E-state index in [1.54, 1.807) is 0 Å². The number of nitrogens with zero attached hydrogens (tertiary/aromatic N) is 2.